The second-order valence-electron chi connectivity index (χ2n) is 1.99. The van der Waals surface area contributed by atoms with E-state index in [-0.39, 0.29) is 12.4 Å². The van der Waals surface area contributed by atoms with Crippen LogP contribution in [0.2, 0.25) is 5.02 Å². The molecule has 0 atom stereocenters. The van der Waals surface area contributed by atoms with Crippen LogP contribution in [0.5, 0.6) is 6.01 Å². The van der Waals surface area contributed by atoms with E-state index >= 15 is 0 Å². The van der Waals surface area contributed by atoms with Crippen molar-refractivity contribution >= 4 is 11.6 Å². The number of nitriles is 1. The van der Waals surface area contributed by atoms with E-state index in [4.69, 9.17) is 21.6 Å². The van der Waals surface area contributed by atoms with Gasteiger partial charge in [0.25, 0.3) is 0 Å². The predicted octanol–water partition coefficient (Wildman–Crippen LogP) is 1.20. The summed E-state index contributed by atoms with van der Waals surface area (Å²) in [7, 11) is 1.46. The van der Waals surface area contributed by atoms with Crippen LogP contribution in [-0.4, -0.2) is 17.1 Å². The Balaban J connectivity index is 3.01. The van der Waals surface area contributed by atoms with Crippen LogP contribution in [0.1, 0.15) is 5.69 Å². The summed E-state index contributed by atoms with van der Waals surface area (Å²) in [6.45, 7) is 0. The van der Waals surface area contributed by atoms with Gasteiger partial charge in [-0.05, 0) is 0 Å². The minimum Gasteiger partial charge on any atom is -0.467 e. The van der Waals surface area contributed by atoms with Crippen molar-refractivity contribution in [1.29, 1.82) is 5.26 Å². The molecule has 0 aliphatic heterocycles. The van der Waals surface area contributed by atoms with Crippen LogP contribution < -0.4 is 4.74 Å². The van der Waals surface area contributed by atoms with Gasteiger partial charge in [0.1, 0.15) is 0 Å². The van der Waals surface area contributed by atoms with Gasteiger partial charge in [0.2, 0.25) is 0 Å². The molecule has 12 heavy (non-hydrogen) atoms. The Bertz CT molecular complexity index is 321. The highest BCUT2D eigenvalue weighted by atomic mass is 35.5. The van der Waals surface area contributed by atoms with Gasteiger partial charge in [0.05, 0.1) is 36.5 Å². The third-order valence-electron chi connectivity index (χ3n) is 1.22. The summed E-state index contributed by atoms with van der Waals surface area (Å²) in [4.78, 5) is 7.66. The van der Waals surface area contributed by atoms with Crippen LogP contribution >= 0.6 is 11.6 Å². The standard InChI is InChI=1S/C7H6ClN3O/c1-12-7-10-4-5(8)6(11-7)2-3-9/h4H,2H2,1H3. The molecule has 0 bridgehead atoms. The lowest BCUT2D eigenvalue weighted by Crippen LogP contribution is -1.96. The Morgan fingerprint density at radius 2 is 2.50 bits per heavy atom. The molecule has 1 aromatic rings. The molecule has 0 fully saturated rings. The topological polar surface area (TPSA) is 58.8 Å². The molecule has 1 heterocycles. The molecule has 62 valence electrons. The molecule has 4 nitrogen and oxygen atoms in total. The molecule has 0 saturated heterocycles. The fraction of sp³-hybridized carbons (Fsp3) is 0.286. The fourth-order valence-corrected chi connectivity index (χ4v) is 0.839. The minimum atomic E-state index is 0.164. The third-order valence-corrected chi connectivity index (χ3v) is 1.54. The number of methoxy groups -OCH3 is 1. The van der Waals surface area contributed by atoms with Gasteiger partial charge >= 0.3 is 6.01 Å². The van der Waals surface area contributed by atoms with Crippen LogP contribution in [0.25, 0.3) is 0 Å². The van der Waals surface area contributed by atoms with Crippen LogP contribution in [-0.2, 0) is 6.42 Å². The van der Waals surface area contributed by atoms with Gasteiger partial charge in [-0.25, -0.2) is 4.98 Å². The summed E-state index contributed by atoms with van der Waals surface area (Å²) in [5.41, 5.74) is 0.492. The van der Waals surface area contributed by atoms with Crippen LogP contribution in [0, 0.1) is 11.3 Å². The maximum absolute atomic E-state index is 8.40. The van der Waals surface area contributed by atoms with Crippen molar-refractivity contribution in [3.05, 3.63) is 16.9 Å². The number of rotatable bonds is 2. The van der Waals surface area contributed by atoms with E-state index in [1.807, 2.05) is 6.07 Å². The first-order valence-electron chi connectivity index (χ1n) is 3.20. The van der Waals surface area contributed by atoms with E-state index in [1.165, 1.54) is 13.3 Å². The Morgan fingerprint density at radius 3 is 3.08 bits per heavy atom. The number of ether oxygens (including phenoxy) is 1. The molecular formula is C7H6ClN3O. The van der Waals surface area contributed by atoms with Gasteiger partial charge < -0.3 is 4.74 Å². The van der Waals surface area contributed by atoms with Crippen molar-refractivity contribution in [2.24, 2.45) is 0 Å². The van der Waals surface area contributed by atoms with Crippen LogP contribution in [0.15, 0.2) is 6.20 Å². The van der Waals surface area contributed by atoms with E-state index in [1.54, 1.807) is 0 Å². The zero-order valence-electron chi connectivity index (χ0n) is 6.41. The first kappa shape index (κ1) is 8.75. The van der Waals surface area contributed by atoms with Crippen molar-refractivity contribution < 1.29 is 4.74 Å². The van der Waals surface area contributed by atoms with Gasteiger partial charge in [0, 0.05) is 0 Å². The molecule has 0 spiro atoms. The van der Waals surface area contributed by atoms with Crippen LogP contribution in [0.4, 0.5) is 0 Å². The molecule has 0 aliphatic carbocycles. The summed E-state index contributed by atoms with van der Waals surface area (Å²) < 4.78 is 4.77. The summed E-state index contributed by atoms with van der Waals surface area (Å²) in [5, 5.41) is 8.78. The predicted molar refractivity (Wildman–Crippen MR) is 42.9 cm³/mol. The number of hydrogen-bond acceptors (Lipinski definition) is 4. The van der Waals surface area contributed by atoms with Gasteiger partial charge in [-0.3, -0.25) is 0 Å². The molecule has 0 N–H and O–H groups in total. The molecule has 1 aromatic heterocycles. The average Bonchev–Trinajstić information content (AvgIpc) is 2.09. The lowest BCUT2D eigenvalue weighted by atomic mass is 10.3. The third kappa shape index (κ3) is 1.83. The van der Waals surface area contributed by atoms with Crippen molar-refractivity contribution in [2.45, 2.75) is 6.42 Å². The number of nitrogens with zero attached hydrogens (tertiary/aromatic N) is 3. The lowest BCUT2D eigenvalue weighted by Gasteiger charge is -2.00. The first-order chi connectivity index (χ1) is 5.77. The van der Waals surface area contributed by atoms with Gasteiger partial charge in [0.15, 0.2) is 0 Å². The molecule has 0 amide bonds. The molecule has 1 rings (SSSR count). The Morgan fingerprint density at radius 1 is 1.75 bits per heavy atom. The highest BCUT2D eigenvalue weighted by molar-refractivity contribution is 6.31. The van der Waals surface area contributed by atoms with Crippen molar-refractivity contribution in [3.63, 3.8) is 0 Å². The maximum Gasteiger partial charge on any atom is 0.316 e. The Hall–Kier alpha value is -1.34. The number of hydrogen-bond donors (Lipinski definition) is 0. The number of aromatic nitrogens is 2. The summed E-state index contributed by atoms with van der Waals surface area (Å²) in [6, 6.07) is 2.17. The summed E-state index contributed by atoms with van der Waals surface area (Å²) in [5.74, 6) is 0. The van der Waals surface area contributed by atoms with Crippen LogP contribution in [0.3, 0.4) is 0 Å². The Kier molecular flexibility index (Phi) is 2.83. The second-order valence-corrected chi connectivity index (χ2v) is 2.39. The minimum absolute atomic E-state index is 0.164. The molecule has 0 aliphatic rings. The fourth-order valence-electron chi connectivity index (χ4n) is 0.681. The largest absolute Gasteiger partial charge is 0.467 e. The normalized spacial score (nSPS) is 9.08. The molecule has 0 saturated carbocycles. The van der Waals surface area contributed by atoms with E-state index in [0.717, 1.165) is 0 Å². The molecule has 0 aromatic carbocycles. The molecule has 0 radical (unpaired) electrons. The quantitative estimate of drug-likeness (QED) is 0.692. The molecule has 5 heteroatoms. The first-order valence-corrected chi connectivity index (χ1v) is 3.58. The van der Waals surface area contributed by atoms with E-state index in [0.29, 0.717) is 10.7 Å². The zero-order valence-corrected chi connectivity index (χ0v) is 7.17. The van der Waals surface area contributed by atoms with Crippen molar-refractivity contribution in [3.8, 4) is 12.1 Å². The maximum atomic E-state index is 8.40. The van der Waals surface area contributed by atoms with E-state index in [9.17, 15) is 0 Å². The SMILES string of the molecule is COc1ncc(Cl)c(CC#N)n1. The van der Waals surface area contributed by atoms with Crippen molar-refractivity contribution in [1.82, 2.24) is 9.97 Å². The zero-order chi connectivity index (χ0) is 8.97. The second kappa shape index (κ2) is 3.88. The Labute approximate surface area is 74.8 Å². The lowest BCUT2D eigenvalue weighted by molar-refractivity contribution is 0.378. The smallest absolute Gasteiger partial charge is 0.316 e. The molecular weight excluding hydrogens is 178 g/mol. The highest BCUT2D eigenvalue weighted by Gasteiger charge is 2.04. The van der Waals surface area contributed by atoms with Crippen molar-refractivity contribution in [2.75, 3.05) is 7.11 Å². The summed E-state index contributed by atoms with van der Waals surface area (Å²) >= 11 is 5.70. The van der Waals surface area contributed by atoms with E-state index in [2.05, 4.69) is 9.97 Å². The summed E-state index contributed by atoms with van der Waals surface area (Å²) in [6.07, 6.45) is 1.58. The van der Waals surface area contributed by atoms with Gasteiger partial charge in [-0.15, -0.1) is 0 Å². The van der Waals surface area contributed by atoms with E-state index < -0.39 is 0 Å². The number of halogens is 1. The highest BCUT2D eigenvalue weighted by Crippen LogP contribution is 2.14. The van der Waals surface area contributed by atoms with Gasteiger partial charge in [-0.1, -0.05) is 11.6 Å². The monoisotopic (exact) mass is 183 g/mol. The molecule has 0 unspecified atom stereocenters. The average molecular weight is 184 g/mol. The van der Waals surface area contributed by atoms with Gasteiger partial charge in [-0.2, -0.15) is 10.2 Å².